The summed E-state index contributed by atoms with van der Waals surface area (Å²) in [7, 11) is -2.47. The van der Waals surface area contributed by atoms with Crippen LogP contribution < -0.4 is 4.74 Å². The van der Waals surface area contributed by atoms with Gasteiger partial charge in [0.05, 0.1) is 26.0 Å². The number of hydrogen-bond acceptors (Lipinski definition) is 5. The lowest BCUT2D eigenvalue weighted by atomic mass is 9.94. The van der Waals surface area contributed by atoms with E-state index in [0.29, 0.717) is 21.2 Å². The Bertz CT molecular complexity index is 1040. The number of methoxy groups -OCH3 is 1. The number of benzene rings is 2. The van der Waals surface area contributed by atoms with E-state index in [-0.39, 0.29) is 6.54 Å². The van der Waals surface area contributed by atoms with Crippen molar-refractivity contribution < 1.29 is 32.2 Å². The van der Waals surface area contributed by atoms with Crippen LogP contribution in [0.1, 0.15) is 17.2 Å². The van der Waals surface area contributed by atoms with Crippen molar-refractivity contribution in [1.29, 1.82) is 0 Å². The molecular weight excluding hydrogens is 415 g/mol. The standard InChI is InChI=1S/C20H21FN2O6S/c1-29-16-9-3-13(4-10-16)11-22-17(24)12-23(30(2,27)28)19(20(25)26)18(22)14-5-7-15(21)8-6-14/h3-10,18-19H,11-12H2,1-2H3,(H,25,26)/t18-,19+/m1/s1. The fraction of sp³-hybridized carbons (Fsp3) is 0.300. The highest BCUT2D eigenvalue weighted by Gasteiger charge is 2.48. The van der Waals surface area contributed by atoms with Gasteiger partial charge in [-0.3, -0.25) is 9.59 Å². The zero-order valence-corrected chi connectivity index (χ0v) is 17.2. The number of piperazine rings is 1. The minimum Gasteiger partial charge on any atom is -0.497 e. The summed E-state index contributed by atoms with van der Waals surface area (Å²) in [4.78, 5) is 26.4. The van der Waals surface area contributed by atoms with Gasteiger partial charge in [-0.2, -0.15) is 4.31 Å². The SMILES string of the molecule is COc1ccc(CN2C(=O)CN(S(C)(=O)=O)[C@H](C(=O)O)[C@H]2c2ccc(F)cc2)cc1. The number of nitrogens with zero attached hydrogens (tertiary/aromatic N) is 2. The van der Waals surface area contributed by atoms with Gasteiger partial charge in [0.15, 0.2) is 0 Å². The van der Waals surface area contributed by atoms with Crippen LogP contribution >= 0.6 is 0 Å². The molecule has 0 aromatic heterocycles. The number of rotatable bonds is 6. The smallest absolute Gasteiger partial charge is 0.324 e. The number of hydrogen-bond donors (Lipinski definition) is 1. The molecule has 2 atom stereocenters. The van der Waals surface area contributed by atoms with Crippen molar-refractivity contribution in [2.45, 2.75) is 18.6 Å². The maximum absolute atomic E-state index is 13.5. The number of carboxylic acids is 1. The molecule has 1 saturated heterocycles. The Morgan fingerprint density at radius 3 is 2.27 bits per heavy atom. The molecule has 2 aromatic rings. The summed E-state index contributed by atoms with van der Waals surface area (Å²) in [6.07, 6.45) is 0.858. The third kappa shape index (κ3) is 4.44. The van der Waals surface area contributed by atoms with E-state index in [1.165, 1.54) is 24.1 Å². The number of aliphatic carboxylic acids is 1. The first-order valence-electron chi connectivity index (χ1n) is 8.99. The van der Waals surface area contributed by atoms with Crippen LogP contribution in [-0.4, -0.2) is 60.6 Å². The normalized spacial score (nSPS) is 20.2. The highest BCUT2D eigenvalue weighted by Crippen LogP contribution is 2.35. The zero-order valence-electron chi connectivity index (χ0n) is 16.4. The number of carbonyl (C=O) groups excluding carboxylic acids is 1. The Labute approximate surface area is 173 Å². The fourth-order valence-corrected chi connectivity index (χ4v) is 4.49. The maximum Gasteiger partial charge on any atom is 0.324 e. The van der Waals surface area contributed by atoms with E-state index in [1.807, 2.05) is 0 Å². The molecule has 1 aliphatic rings. The second kappa shape index (κ2) is 8.41. The van der Waals surface area contributed by atoms with Gasteiger partial charge in [-0.05, 0) is 35.4 Å². The minimum absolute atomic E-state index is 0.0479. The Balaban J connectivity index is 2.08. The van der Waals surface area contributed by atoms with Gasteiger partial charge in [0.25, 0.3) is 0 Å². The summed E-state index contributed by atoms with van der Waals surface area (Å²) in [6, 6.07) is 9.17. The molecule has 0 spiro atoms. The van der Waals surface area contributed by atoms with Gasteiger partial charge in [-0.15, -0.1) is 0 Å². The van der Waals surface area contributed by atoms with E-state index in [0.717, 1.165) is 18.4 Å². The summed E-state index contributed by atoms with van der Waals surface area (Å²) < 4.78 is 43.7. The Kier molecular flexibility index (Phi) is 6.09. The maximum atomic E-state index is 13.5. The molecule has 0 bridgehead atoms. The molecule has 0 radical (unpaired) electrons. The Hall–Kier alpha value is -2.98. The average molecular weight is 436 g/mol. The second-order valence-corrected chi connectivity index (χ2v) is 8.89. The van der Waals surface area contributed by atoms with Gasteiger partial charge >= 0.3 is 5.97 Å². The number of ether oxygens (including phenoxy) is 1. The molecule has 0 aliphatic carbocycles. The molecule has 8 nitrogen and oxygen atoms in total. The first-order valence-corrected chi connectivity index (χ1v) is 10.8. The van der Waals surface area contributed by atoms with Gasteiger partial charge in [0.2, 0.25) is 15.9 Å². The van der Waals surface area contributed by atoms with Crippen LogP contribution in [0.4, 0.5) is 4.39 Å². The highest BCUT2D eigenvalue weighted by molar-refractivity contribution is 7.88. The molecule has 2 aromatic carbocycles. The Morgan fingerprint density at radius 1 is 1.17 bits per heavy atom. The van der Waals surface area contributed by atoms with E-state index in [1.54, 1.807) is 24.3 Å². The molecular formula is C20H21FN2O6S. The lowest BCUT2D eigenvalue weighted by molar-refractivity contribution is -0.153. The van der Waals surface area contributed by atoms with Gasteiger partial charge in [0.1, 0.15) is 17.6 Å². The van der Waals surface area contributed by atoms with E-state index in [2.05, 4.69) is 0 Å². The van der Waals surface area contributed by atoms with Crippen LogP contribution in [0.5, 0.6) is 5.75 Å². The van der Waals surface area contributed by atoms with Crippen LogP contribution in [0.2, 0.25) is 0 Å². The zero-order chi connectivity index (χ0) is 22.1. The lowest BCUT2D eigenvalue weighted by Gasteiger charge is -2.44. The summed E-state index contributed by atoms with van der Waals surface area (Å²) in [6.45, 7) is -0.546. The molecule has 0 unspecified atom stereocenters. The molecule has 1 amide bonds. The summed E-state index contributed by atoms with van der Waals surface area (Å²) in [5.41, 5.74) is 1.02. The van der Waals surface area contributed by atoms with Crippen LogP contribution in [0, 0.1) is 5.82 Å². The quantitative estimate of drug-likeness (QED) is 0.738. The largest absolute Gasteiger partial charge is 0.497 e. The molecule has 160 valence electrons. The lowest BCUT2D eigenvalue weighted by Crippen LogP contribution is -2.61. The van der Waals surface area contributed by atoms with Crippen molar-refractivity contribution in [2.75, 3.05) is 19.9 Å². The molecule has 1 aliphatic heterocycles. The topological polar surface area (TPSA) is 104 Å². The molecule has 30 heavy (non-hydrogen) atoms. The first-order chi connectivity index (χ1) is 14.1. The minimum atomic E-state index is -3.99. The van der Waals surface area contributed by atoms with E-state index >= 15 is 0 Å². The molecule has 10 heteroatoms. The van der Waals surface area contributed by atoms with Gasteiger partial charge in [-0.25, -0.2) is 12.8 Å². The molecule has 1 heterocycles. The number of carbonyl (C=O) groups is 2. The summed E-state index contributed by atoms with van der Waals surface area (Å²) >= 11 is 0. The molecule has 1 fully saturated rings. The fourth-order valence-electron chi connectivity index (χ4n) is 3.52. The third-order valence-electron chi connectivity index (χ3n) is 4.96. The van der Waals surface area contributed by atoms with Crippen molar-refractivity contribution in [3.63, 3.8) is 0 Å². The number of carboxylic acid groups (broad SMARTS) is 1. The monoisotopic (exact) mass is 436 g/mol. The average Bonchev–Trinajstić information content (AvgIpc) is 2.69. The Morgan fingerprint density at radius 2 is 1.77 bits per heavy atom. The number of sulfonamides is 1. The van der Waals surface area contributed by atoms with Crippen LogP contribution in [-0.2, 0) is 26.2 Å². The van der Waals surface area contributed by atoms with E-state index in [9.17, 15) is 27.5 Å². The van der Waals surface area contributed by atoms with Gasteiger partial charge in [0, 0.05) is 6.54 Å². The van der Waals surface area contributed by atoms with E-state index in [4.69, 9.17) is 4.74 Å². The van der Waals surface area contributed by atoms with Crippen LogP contribution in [0.15, 0.2) is 48.5 Å². The predicted molar refractivity (Wildman–Crippen MR) is 106 cm³/mol. The van der Waals surface area contributed by atoms with Gasteiger partial charge < -0.3 is 14.7 Å². The second-order valence-electron chi connectivity index (χ2n) is 6.96. The van der Waals surface area contributed by atoms with Crippen molar-refractivity contribution in [1.82, 2.24) is 9.21 Å². The molecule has 1 N–H and O–H groups in total. The molecule has 0 saturated carbocycles. The first kappa shape index (κ1) is 21.7. The predicted octanol–water partition coefficient (Wildman–Crippen LogP) is 1.63. The van der Waals surface area contributed by atoms with Crippen LogP contribution in [0.3, 0.4) is 0 Å². The summed E-state index contributed by atoms with van der Waals surface area (Å²) in [5.74, 6) is -1.87. The third-order valence-corrected chi connectivity index (χ3v) is 6.17. The van der Waals surface area contributed by atoms with E-state index < -0.39 is 46.3 Å². The molecule has 3 rings (SSSR count). The van der Waals surface area contributed by atoms with Gasteiger partial charge in [-0.1, -0.05) is 24.3 Å². The van der Waals surface area contributed by atoms with Crippen molar-refractivity contribution >= 4 is 21.9 Å². The van der Waals surface area contributed by atoms with Crippen molar-refractivity contribution in [3.8, 4) is 5.75 Å². The highest BCUT2D eigenvalue weighted by atomic mass is 32.2. The summed E-state index contributed by atoms with van der Waals surface area (Å²) in [5, 5.41) is 9.86. The number of halogens is 1. The van der Waals surface area contributed by atoms with Crippen LogP contribution in [0.25, 0.3) is 0 Å². The number of amides is 1. The van der Waals surface area contributed by atoms with Crippen molar-refractivity contribution in [2.24, 2.45) is 0 Å². The van der Waals surface area contributed by atoms with Crippen molar-refractivity contribution in [3.05, 3.63) is 65.5 Å².